The van der Waals surface area contributed by atoms with E-state index in [2.05, 4.69) is 26.2 Å². The SMILES string of the molecule is CNCc1cc(Br)c2oc(C)nc2c1. The molecule has 0 atom stereocenters. The molecule has 1 aromatic heterocycles. The maximum atomic E-state index is 5.45. The molecule has 0 saturated carbocycles. The second-order valence-corrected chi connectivity index (χ2v) is 4.04. The fourth-order valence-electron chi connectivity index (χ4n) is 1.46. The summed E-state index contributed by atoms with van der Waals surface area (Å²) in [5.41, 5.74) is 2.92. The topological polar surface area (TPSA) is 38.1 Å². The standard InChI is InChI=1S/C10H11BrN2O/c1-6-13-9-4-7(5-12-2)3-8(11)10(9)14-6/h3-4,12H,5H2,1-2H3. The van der Waals surface area contributed by atoms with Gasteiger partial charge in [-0.3, -0.25) is 0 Å². The minimum absolute atomic E-state index is 0.697. The van der Waals surface area contributed by atoms with Gasteiger partial charge in [0, 0.05) is 13.5 Å². The number of fused-ring (bicyclic) bond motifs is 1. The number of halogens is 1. The van der Waals surface area contributed by atoms with Crippen LogP contribution in [0.2, 0.25) is 0 Å². The number of rotatable bonds is 2. The highest BCUT2D eigenvalue weighted by Gasteiger charge is 2.07. The van der Waals surface area contributed by atoms with Crippen LogP contribution in [0.15, 0.2) is 21.0 Å². The number of oxazole rings is 1. The molecule has 2 rings (SSSR count). The molecule has 0 aliphatic carbocycles. The molecule has 0 fully saturated rings. The largest absolute Gasteiger partial charge is 0.440 e. The van der Waals surface area contributed by atoms with E-state index in [4.69, 9.17) is 4.42 Å². The highest BCUT2D eigenvalue weighted by molar-refractivity contribution is 9.10. The van der Waals surface area contributed by atoms with Crippen LogP contribution in [0.3, 0.4) is 0 Å². The molecule has 0 aliphatic heterocycles. The first-order valence-corrected chi connectivity index (χ1v) is 5.20. The van der Waals surface area contributed by atoms with E-state index < -0.39 is 0 Å². The molecule has 0 saturated heterocycles. The Kier molecular flexibility index (Phi) is 2.56. The van der Waals surface area contributed by atoms with Crippen LogP contribution in [-0.2, 0) is 6.54 Å². The molecular formula is C10H11BrN2O. The van der Waals surface area contributed by atoms with E-state index in [9.17, 15) is 0 Å². The van der Waals surface area contributed by atoms with E-state index in [1.54, 1.807) is 0 Å². The highest BCUT2D eigenvalue weighted by Crippen LogP contribution is 2.26. The summed E-state index contributed by atoms with van der Waals surface area (Å²) in [4.78, 5) is 4.29. The first kappa shape index (κ1) is 9.68. The Balaban J connectivity index is 2.59. The van der Waals surface area contributed by atoms with Gasteiger partial charge in [-0.05, 0) is 40.7 Å². The zero-order chi connectivity index (χ0) is 10.1. The summed E-state index contributed by atoms with van der Waals surface area (Å²) in [6, 6.07) is 4.08. The summed E-state index contributed by atoms with van der Waals surface area (Å²) in [6.45, 7) is 2.69. The summed E-state index contributed by atoms with van der Waals surface area (Å²) in [6.07, 6.45) is 0. The van der Waals surface area contributed by atoms with Crippen molar-refractivity contribution in [2.24, 2.45) is 0 Å². The molecule has 3 nitrogen and oxygen atoms in total. The van der Waals surface area contributed by atoms with Gasteiger partial charge in [0.05, 0.1) is 4.47 Å². The first-order valence-electron chi connectivity index (χ1n) is 4.41. The molecule has 0 unspecified atom stereocenters. The molecule has 2 aromatic rings. The van der Waals surface area contributed by atoms with Gasteiger partial charge < -0.3 is 9.73 Å². The van der Waals surface area contributed by atoms with Gasteiger partial charge >= 0.3 is 0 Å². The third kappa shape index (κ3) is 1.67. The van der Waals surface area contributed by atoms with Crippen LogP contribution in [-0.4, -0.2) is 12.0 Å². The van der Waals surface area contributed by atoms with Crippen LogP contribution < -0.4 is 5.32 Å². The Morgan fingerprint density at radius 3 is 3.00 bits per heavy atom. The second kappa shape index (κ2) is 3.71. The van der Waals surface area contributed by atoms with Gasteiger partial charge in [0.2, 0.25) is 0 Å². The zero-order valence-corrected chi connectivity index (χ0v) is 9.68. The van der Waals surface area contributed by atoms with E-state index in [1.165, 1.54) is 5.56 Å². The van der Waals surface area contributed by atoms with Crippen LogP contribution in [0, 0.1) is 6.92 Å². The van der Waals surface area contributed by atoms with Crippen molar-refractivity contribution in [3.8, 4) is 0 Å². The summed E-state index contributed by atoms with van der Waals surface area (Å²) in [5, 5.41) is 3.10. The molecule has 0 spiro atoms. The van der Waals surface area contributed by atoms with Crippen molar-refractivity contribution in [3.63, 3.8) is 0 Å². The zero-order valence-electron chi connectivity index (χ0n) is 8.10. The van der Waals surface area contributed by atoms with Gasteiger partial charge in [-0.2, -0.15) is 0 Å². The molecular weight excluding hydrogens is 244 g/mol. The van der Waals surface area contributed by atoms with Crippen molar-refractivity contribution < 1.29 is 4.42 Å². The van der Waals surface area contributed by atoms with Gasteiger partial charge in [-0.15, -0.1) is 0 Å². The second-order valence-electron chi connectivity index (χ2n) is 3.19. The molecule has 1 aromatic carbocycles. The normalized spacial score (nSPS) is 11.1. The van der Waals surface area contributed by atoms with E-state index >= 15 is 0 Å². The van der Waals surface area contributed by atoms with Crippen LogP contribution in [0.1, 0.15) is 11.5 Å². The number of aromatic nitrogens is 1. The predicted molar refractivity (Wildman–Crippen MR) is 59.2 cm³/mol. The number of nitrogens with zero attached hydrogens (tertiary/aromatic N) is 1. The molecule has 0 aliphatic rings. The van der Waals surface area contributed by atoms with Crippen molar-refractivity contribution in [2.45, 2.75) is 13.5 Å². The lowest BCUT2D eigenvalue weighted by Crippen LogP contribution is -2.04. The summed E-state index contributed by atoms with van der Waals surface area (Å²) < 4.78 is 6.41. The Bertz CT molecular complexity index is 464. The average molecular weight is 255 g/mol. The maximum absolute atomic E-state index is 5.45. The van der Waals surface area contributed by atoms with Gasteiger partial charge in [0.25, 0.3) is 0 Å². The van der Waals surface area contributed by atoms with Crippen molar-refractivity contribution in [3.05, 3.63) is 28.1 Å². The molecule has 1 heterocycles. The molecule has 0 bridgehead atoms. The number of hydrogen-bond acceptors (Lipinski definition) is 3. The third-order valence-electron chi connectivity index (χ3n) is 1.99. The average Bonchev–Trinajstić information content (AvgIpc) is 2.47. The minimum Gasteiger partial charge on any atom is -0.440 e. The lowest BCUT2D eigenvalue weighted by molar-refractivity contribution is 0.559. The van der Waals surface area contributed by atoms with Crippen molar-refractivity contribution in [1.29, 1.82) is 0 Å². The lowest BCUT2D eigenvalue weighted by atomic mass is 10.2. The van der Waals surface area contributed by atoms with E-state index in [0.29, 0.717) is 5.89 Å². The lowest BCUT2D eigenvalue weighted by Gasteiger charge is -2.00. The van der Waals surface area contributed by atoms with Crippen molar-refractivity contribution in [1.82, 2.24) is 10.3 Å². The van der Waals surface area contributed by atoms with Crippen LogP contribution >= 0.6 is 15.9 Å². The Hall–Kier alpha value is -0.870. The highest BCUT2D eigenvalue weighted by atomic mass is 79.9. The molecule has 14 heavy (non-hydrogen) atoms. The molecule has 4 heteroatoms. The summed E-state index contributed by atoms with van der Waals surface area (Å²) in [5.74, 6) is 0.697. The van der Waals surface area contributed by atoms with Crippen LogP contribution in [0.25, 0.3) is 11.1 Å². The summed E-state index contributed by atoms with van der Waals surface area (Å²) in [7, 11) is 1.92. The van der Waals surface area contributed by atoms with Crippen molar-refractivity contribution >= 4 is 27.0 Å². The van der Waals surface area contributed by atoms with Crippen LogP contribution in [0.4, 0.5) is 0 Å². The number of hydrogen-bond donors (Lipinski definition) is 1. The van der Waals surface area contributed by atoms with E-state index in [0.717, 1.165) is 22.1 Å². The predicted octanol–water partition coefficient (Wildman–Crippen LogP) is 2.62. The Morgan fingerprint density at radius 1 is 1.50 bits per heavy atom. The van der Waals surface area contributed by atoms with Gasteiger partial charge in [0.1, 0.15) is 5.52 Å². The van der Waals surface area contributed by atoms with E-state index in [1.807, 2.05) is 26.1 Å². The minimum atomic E-state index is 0.697. The number of aryl methyl sites for hydroxylation is 1. The fraction of sp³-hybridized carbons (Fsp3) is 0.300. The maximum Gasteiger partial charge on any atom is 0.192 e. The first-order chi connectivity index (χ1) is 6.70. The quantitative estimate of drug-likeness (QED) is 0.896. The molecule has 1 N–H and O–H groups in total. The smallest absolute Gasteiger partial charge is 0.192 e. The summed E-state index contributed by atoms with van der Waals surface area (Å²) >= 11 is 3.47. The number of nitrogens with one attached hydrogen (secondary N) is 1. The molecule has 74 valence electrons. The van der Waals surface area contributed by atoms with Gasteiger partial charge in [-0.1, -0.05) is 0 Å². The molecule has 0 radical (unpaired) electrons. The Morgan fingerprint density at radius 2 is 2.29 bits per heavy atom. The molecule has 0 amide bonds. The van der Waals surface area contributed by atoms with Gasteiger partial charge in [-0.25, -0.2) is 4.98 Å². The van der Waals surface area contributed by atoms with E-state index in [-0.39, 0.29) is 0 Å². The van der Waals surface area contributed by atoms with Gasteiger partial charge in [0.15, 0.2) is 11.5 Å². The van der Waals surface area contributed by atoms with Crippen molar-refractivity contribution in [2.75, 3.05) is 7.05 Å². The number of benzene rings is 1. The monoisotopic (exact) mass is 254 g/mol. The van der Waals surface area contributed by atoms with Crippen LogP contribution in [0.5, 0.6) is 0 Å². The fourth-order valence-corrected chi connectivity index (χ4v) is 2.04. The third-order valence-corrected chi connectivity index (χ3v) is 2.58. The Labute approximate surface area is 90.6 Å².